The predicted octanol–water partition coefficient (Wildman–Crippen LogP) is 2.74. The summed E-state index contributed by atoms with van der Waals surface area (Å²) in [5.41, 5.74) is 6.79. The Bertz CT molecular complexity index is 332. The maximum Gasteiger partial charge on any atom is 0.287 e. The highest BCUT2D eigenvalue weighted by Gasteiger charge is 2.37. The number of halogens is 2. The molecule has 14 heavy (non-hydrogen) atoms. The van der Waals surface area contributed by atoms with Gasteiger partial charge in [-0.2, -0.15) is 8.78 Å². The second-order valence-electron chi connectivity index (χ2n) is 3.66. The van der Waals surface area contributed by atoms with E-state index in [1.165, 1.54) is 13.0 Å². The van der Waals surface area contributed by atoms with Crippen molar-refractivity contribution in [1.29, 1.82) is 0 Å². The fourth-order valence-electron chi connectivity index (χ4n) is 1.36. The molecule has 0 spiro atoms. The molecule has 0 aliphatic carbocycles. The summed E-state index contributed by atoms with van der Waals surface area (Å²) < 4.78 is 27.2. The number of benzene rings is 1. The van der Waals surface area contributed by atoms with Gasteiger partial charge in [0, 0.05) is 5.56 Å². The number of hydrogen-bond donors (Lipinski definition) is 1. The molecule has 1 nitrogen and oxygen atoms in total. The molecule has 0 aliphatic rings. The number of alkyl halides is 2. The van der Waals surface area contributed by atoms with Crippen LogP contribution in [0.15, 0.2) is 18.2 Å². The van der Waals surface area contributed by atoms with E-state index in [2.05, 4.69) is 0 Å². The summed E-state index contributed by atoms with van der Waals surface area (Å²) in [4.78, 5) is 0. The monoisotopic (exact) mass is 199 g/mol. The van der Waals surface area contributed by atoms with E-state index in [0.29, 0.717) is 5.56 Å². The zero-order valence-corrected chi connectivity index (χ0v) is 8.64. The number of hydrogen-bond acceptors (Lipinski definition) is 1. The molecular formula is C11H15F2N. The molecule has 78 valence electrons. The van der Waals surface area contributed by atoms with Gasteiger partial charge in [0.1, 0.15) is 0 Å². The second kappa shape index (κ2) is 3.65. The minimum atomic E-state index is -2.95. The zero-order chi connectivity index (χ0) is 10.9. The molecule has 1 rings (SSSR count). The van der Waals surface area contributed by atoms with Crippen molar-refractivity contribution in [3.8, 4) is 0 Å². The van der Waals surface area contributed by atoms with Crippen molar-refractivity contribution < 1.29 is 8.78 Å². The summed E-state index contributed by atoms with van der Waals surface area (Å²) in [5.74, 6) is -2.95. The molecule has 0 aromatic heterocycles. The quantitative estimate of drug-likeness (QED) is 0.778. The Morgan fingerprint density at radius 3 is 2.36 bits per heavy atom. The largest absolute Gasteiger partial charge is 0.323 e. The Hall–Kier alpha value is -0.960. The van der Waals surface area contributed by atoms with Gasteiger partial charge in [-0.3, -0.25) is 0 Å². The highest BCUT2D eigenvalue weighted by molar-refractivity contribution is 5.36. The third-order valence-electron chi connectivity index (χ3n) is 2.54. The van der Waals surface area contributed by atoms with Crippen molar-refractivity contribution in [2.45, 2.75) is 32.7 Å². The number of aryl methyl sites for hydroxylation is 1. The van der Waals surface area contributed by atoms with Crippen LogP contribution in [-0.4, -0.2) is 6.04 Å². The van der Waals surface area contributed by atoms with E-state index in [1.54, 1.807) is 13.0 Å². The SMILES string of the molecule is Cc1cccc(C(F)(F)C(C)N)c1C. The Balaban J connectivity index is 3.26. The lowest BCUT2D eigenvalue weighted by Crippen LogP contribution is -2.36. The van der Waals surface area contributed by atoms with E-state index >= 15 is 0 Å². The van der Waals surface area contributed by atoms with Crippen LogP contribution in [0.2, 0.25) is 0 Å². The molecule has 0 bridgehead atoms. The van der Waals surface area contributed by atoms with E-state index in [4.69, 9.17) is 5.73 Å². The maximum atomic E-state index is 13.6. The van der Waals surface area contributed by atoms with Crippen molar-refractivity contribution >= 4 is 0 Å². The average molecular weight is 199 g/mol. The first-order valence-electron chi connectivity index (χ1n) is 4.57. The van der Waals surface area contributed by atoms with Crippen LogP contribution >= 0.6 is 0 Å². The van der Waals surface area contributed by atoms with Gasteiger partial charge in [0.05, 0.1) is 6.04 Å². The lowest BCUT2D eigenvalue weighted by atomic mass is 9.95. The predicted molar refractivity (Wildman–Crippen MR) is 53.5 cm³/mol. The van der Waals surface area contributed by atoms with E-state index in [0.717, 1.165) is 5.56 Å². The van der Waals surface area contributed by atoms with Crippen LogP contribution in [0.1, 0.15) is 23.6 Å². The van der Waals surface area contributed by atoms with Crippen molar-refractivity contribution in [1.82, 2.24) is 0 Å². The third-order valence-corrected chi connectivity index (χ3v) is 2.54. The van der Waals surface area contributed by atoms with Crippen LogP contribution in [0.25, 0.3) is 0 Å². The minimum absolute atomic E-state index is 0.0347. The Kier molecular flexibility index (Phi) is 2.90. The molecule has 3 heteroatoms. The maximum absolute atomic E-state index is 13.6. The molecule has 1 atom stereocenters. The van der Waals surface area contributed by atoms with Gasteiger partial charge in [0.2, 0.25) is 0 Å². The highest BCUT2D eigenvalue weighted by atomic mass is 19.3. The third kappa shape index (κ3) is 1.77. The zero-order valence-electron chi connectivity index (χ0n) is 8.64. The number of rotatable bonds is 2. The molecular weight excluding hydrogens is 184 g/mol. The van der Waals surface area contributed by atoms with Crippen molar-refractivity contribution in [3.05, 3.63) is 34.9 Å². The van der Waals surface area contributed by atoms with E-state index in [-0.39, 0.29) is 5.56 Å². The van der Waals surface area contributed by atoms with Crippen LogP contribution in [0.3, 0.4) is 0 Å². The first-order chi connectivity index (χ1) is 6.37. The minimum Gasteiger partial charge on any atom is -0.323 e. The van der Waals surface area contributed by atoms with Crippen LogP contribution in [0.4, 0.5) is 8.78 Å². The lowest BCUT2D eigenvalue weighted by molar-refractivity contribution is -0.0262. The van der Waals surface area contributed by atoms with E-state index < -0.39 is 12.0 Å². The van der Waals surface area contributed by atoms with Gasteiger partial charge in [-0.1, -0.05) is 18.2 Å². The molecule has 2 N–H and O–H groups in total. The van der Waals surface area contributed by atoms with Crippen molar-refractivity contribution in [3.63, 3.8) is 0 Å². The van der Waals surface area contributed by atoms with Crippen LogP contribution < -0.4 is 5.73 Å². The number of nitrogens with two attached hydrogens (primary N) is 1. The van der Waals surface area contributed by atoms with Crippen LogP contribution in [0, 0.1) is 13.8 Å². The van der Waals surface area contributed by atoms with Crippen molar-refractivity contribution in [2.75, 3.05) is 0 Å². The Morgan fingerprint density at radius 2 is 1.86 bits per heavy atom. The summed E-state index contributed by atoms with van der Waals surface area (Å²) in [6, 6.07) is 3.72. The highest BCUT2D eigenvalue weighted by Crippen LogP contribution is 2.33. The van der Waals surface area contributed by atoms with Gasteiger partial charge in [-0.25, -0.2) is 0 Å². The normalized spacial score (nSPS) is 14.1. The molecule has 1 unspecified atom stereocenters. The van der Waals surface area contributed by atoms with Gasteiger partial charge in [-0.05, 0) is 31.9 Å². The van der Waals surface area contributed by atoms with E-state index in [1.807, 2.05) is 13.0 Å². The van der Waals surface area contributed by atoms with Gasteiger partial charge in [-0.15, -0.1) is 0 Å². The molecule has 0 heterocycles. The first kappa shape index (κ1) is 11.1. The molecule has 0 amide bonds. The molecule has 1 aromatic carbocycles. The van der Waals surface area contributed by atoms with Gasteiger partial charge in [0.15, 0.2) is 0 Å². The summed E-state index contributed by atoms with van der Waals surface area (Å²) >= 11 is 0. The van der Waals surface area contributed by atoms with Crippen LogP contribution in [-0.2, 0) is 5.92 Å². The summed E-state index contributed by atoms with van der Waals surface area (Å²) in [6.07, 6.45) is 0. The summed E-state index contributed by atoms with van der Waals surface area (Å²) in [6.45, 7) is 4.83. The smallest absolute Gasteiger partial charge is 0.287 e. The molecule has 0 saturated carbocycles. The van der Waals surface area contributed by atoms with Crippen molar-refractivity contribution in [2.24, 2.45) is 5.73 Å². The topological polar surface area (TPSA) is 26.0 Å². The molecule has 0 saturated heterocycles. The first-order valence-corrected chi connectivity index (χ1v) is 4.57. The molecule has 0 fully saturated rings. The fourth-order valence-corrected chi connectivity index (χ4v) is 1.36. The Labute approximate surface area is 82.9 Å². The average Bonchev–Trinajstić information content (AvgIpc) is 2.09. The summed E-state index contributed by atoms with van der Waals surface area (Å²) in [5, 5.41) is 0. The standard InChI is InChI=1S/C11H15F2N/c1-7-5-4-6-10(8(7)2)11(12,13)9(3)14/h4-6,9H,14H2,1-3H3. The summed E-state index contributed by atoms with van der Waals surface area (Å²) in [7, 11) is 0. The molecule has 0 aliphatic heterocycles. The van der Waals surface area contributed by atoms with Crippen LogP contribution in [0.5, 0.6) is 0 Å². The van der Waals surface area contributed by atoms with Gasteiger partial charge >= 0.3 is 0 Å². The van der Waals surface area contributed by atoms with E-state index in [9.17, 15) is 8.78 Å². The van der Waals surface area contributed by atoms with Gasteiger partial charge in [0.25, 0.3) is 5.92 Å². The Morgan fingerprint density at radius 1 is 1.29 bits per heavy atom. The second-order valence-corrected chi connectivity index (χ2v) is 3.66. The molecule has 1 aromatic rings. The molecule has 0 radical (unpaired) electrons. The lowest BCUT2D eigenvalue weighted by Gasteiger charge is -2.23. The van der Waals surface area contributed by atoms with Gasteiger partial charge < -0.3 is 5.73 Å². The fraction of sp³-hybridized carbons (Fsp3) is 0.455.